The molecule has 1 amide bonds. The molecule has 1 fully saturated rings. The van der Waals surface area contributed by atoms with E-state index in [0.717, 1.165) is 32.0 Å². The minimum absolute atomic E-state index is 0.0869. The van der Waals surface area contributed by atoms with E-state index in [1.54, 1.807) is 0 Å². The minimum atomic E-state index is -0.473. The Morgan fingerprint density at radius 2 is 2.00 bits per heavy atom. The predicted molar refractivity (Wildman–Crippen MR) is 65.8 cm³/mol. The molecule has 1 rings (SSSR count). The van der Waals surface area contributed by atoms with E-state index in [4.69, 9.17) is 4.74 Å². The van der Waals surface area contributed by atoms with E-state index in [-0.39, 0.29) is 18.1 Å². The van der Waals surface area contributed by atoms with Gasteiger partial charge in [0.2, 0.25) is 0 Å². The van der Waals surface area contributed by atoms with Crippen LogP contribution >= 0.6 is 0 Å². The molecule has 98 valence electrons. The molecule has 17 heavy (non-hydrogen) atoms. The average Bonchev–Trinajstić information content (AvgIpc) is 2.18. The van der Waals surface area contributed by atoms with Crippen molar-refractivity contribution < 1.29 is 14.3 Å². The molecule has 1 N–H and O–H groups in total. The zero-order valence-corrected chi connectivity index (χ0v) is 11.0. The zero-order valence-electron chi connectivity index (χ0n) is 11.0. The number of carbonyl (C=O) groups excluding carboxylic acids is 2. The monoisotopic (exact) mass is 241 g/mol. The summed E-state index contributed by atoms with van der Waals surface area (Å²) < 4.78 is 5.23. The van der Waals surface area contributed by atoms with Crippen molar-refractivity contribution in [1.29, 1.82) is 0 Å². The number of hydrogen-bond acceptors (Lipinski definition) is 3. The minimum Gasteiger partial charge on any atom is -0.444 e. The summed E-state index contributed by atoms with van der Waals surface area (Å²) in [5.41, 5.74) is -0.473. The first-order chi connectivity index (χ1) is 7.92. The fraction of sp³-hybridized carbons (Fsp3) is 0.846. The highest BCUT2D eigenvalue weighted by molar-refractivity contribution is 5.68. The number of ether oxygens (including phenoxy) is 1. The molecule has 1 saturated carbocycles. The van der Waals surface area contributed by atoms with Crippen LogP contribution in [-0.4, -0.2) is 24.0 Å². The van der Waals surface area contributed by atoms with Crippen LogP contribution < -0.4 is 5.32 Å². The molecule has 0 aromatic rings. The van der Waals surface area contributed by atoms with Gasteiger partial charge in [0.15, 0.2) is 0 Å². The van der Waals surface area contributed by atoms with E-state index in [0.29, 0.717) is 6.42 Å². The summed E-state index contributed by atoms with van der Waals surface area (Å²) in [7, 11) is 0. The Morgan fingerprint density at radius 1 is 1.35 bits per heavy atom. The van der Waals surface area contributed by atoms with Crippen LogP contribution in [0.3, 0.4) is 0 Å². The molecular weight excluding hydrogens is 218 g/mol. The largest absolute Gasteiger partial charge is 0.444 e. The Kier molecular flexibility index (Phi) is 4.97. The smallest absolute Gasteiger partial charge is 0.407 e. The molecule has 0 aromatic carbocycles. The Balaban J connectivity index is 2.47. The van der Waals surface area contributed by atoms with E-state index in [9.17, 15) is 9.59 Å². The fourth-order valence-corrected chi connectivity index (χ4v) is 2.26. The van der Waals surface area contributed by atoms with E-state index >= 15 is 0 Å². The maximum Gasteiger partial charge on any atom is 0.407 e. The van der Waals surface area contributed by atoms with Crippen molar-refractivity contribution in [3.05, 3.63) is 0 Å². The molecule has 0 aromatic heterocycles. The quantitative estimate of drug-likeness (QED) is 0.773. The van der Waals surface area contributed by atoms with Crippen molar-refractivity contribution >= 4 is 12.4 Å². The van der Waals surface area contributed by atoms with E-state index in [1.165, 1.54) is 0 Å². The van der Waals surface area contributed by atoms with Gasteiger partial charge in [-0.15, -0.1) is 0 Å². The van der Waals surface area contributed by atoms with Crippen LogP contribution in [-0.2, 0) is 9.53 Å². The molecule has 4 heteroatoms. The third kappa shape index (κ3) is 5.20. The molecule has 0 bridgehead atoms. The lowest BCUT2D eigenvalue weighted by Gasteiger charge is -2.31. The summed E-state index contributed by atoms with van der Waals surface area (Å²) in [6, 6.07) is 0.0869. The highest BCUT2D eigenvalue weighted by Gasteiger charge is 2.27. The number of amides is 1. The van der Waals surface area contributed by atoms with Crippen molar-refractivity contribution in [2.45, 2.75) is 64.5 Å². The third-order valence-corrected chi connectivity index (χ3v) is 3.01. The topological polar surface area (TPSA) is 55.4 Å². The molecule has 4 nitrogen and oxygen atoms in total. The van der Waals surface area contributed by atoms with Crippen molar-refractivity contribution in [2.24, 2.45) is 5.92 Å². The second-order valence-electron chi connectivity index (χ2n) is 5.70. The summed E-state index contributed by atoms with van der Waals surface area (Å²) in [6.07, 6.45) is 5.30. The van der Waals surface area contributed by atoms with E-state index in [2.05, 4.69) is 5.32 Å². The SMILES string of the molecule is CC(C)(C)OC(=O)N[C@H]1CCCCC1CC=O. The van der Waals surface area contributed by atoms with Crippen LogP contribution in [0.2, 0.25) is 0 Å². The molecule has 0 radical (unpaired) electrons. The van der Waals surface area contributed by atoms with Crippen molar-refractivity contribution in [2.75, 3.05) is 0 Å². The Morgan fingerprint density at radius 3 is 2.59 bits per heavy atom. The average molecular weight is 241 g/mol. The Labute approximate surface area is 103 Å². The van der Waals surface area contributed by atoms with Crippen LogP contribution in [0.1, 0.15) is 52.9 Å². The van der Waals surface area contributed by atoms with Gasteiger partial charge in [0.05, 0.1) is 0 Å². The molecule has 1 unspecified atom stereocenters. The first-order valence-electron chi connectivity index (χ1n) is 6.35. The molecule has 0 spiro atoms. The van der Waals surface area contributed by atoms with Gasteiger partial charge in [-0.1, -0.05) is 12.8 Å². The lowest BCUT2D eigenvalue weighted by atomic mass is 9.83. The maximum atomic E-state index is 11.7. The van der Waals surface area contributed by atoms with Crippen LogP contribution in [0.15, 0.2) is 0 Å². The number of alkyl carbamates (subject to hydrolysis) is 1. The van der Waals surface area contributed by atoms with Gasteiger partial charge in [-0.25, -0.2) is 4.79 Å². The summed E-state index contributed by atoms with van der Waals surface area (Å²) in [6.45, 7) is 5.53. The summed E-state index contributed by atoms with van der Waals surface area (Å²) in [4.78, 5) is 22.2. The number of rotatable bonds is 3. The van der Waals surface area contributed by atoms with Gasteiger partial charge in [0, 0.05) is 12.5 Å². The first-order valence-corrected chi connectivity index (χ1v) is 6.35. The number of carbonyl (C=O) groups is 2. The Bertz CT molecular complexity index is 270. The van der Waals surface area contributed by atoms with Crippen LogP contribution in [0, 0.1) is 5.92 Å². The Hall–Kier alpha value is -1.06. The lowest BCUT2D eigenvalue weighted by Crippen LogP contribution is -2.44. The molecule has 0 aliphatic heterocycles. The van der Waals surface area contributed by atoms with Crippen LogP contribution in [0.4, 0.5) is 4.79 Å². The van der Waals surface area contributed by atoms with Gasteiger partial charge >= 0.3 is 6.09 Å². The van der Waals surface area contributed by atoms with Gasteiger partial charge < -0.3 is 14.8 Å². The number of hydrogen-bond donors (Lipinski definition) is 1. The second kappa shape index (κ2) is 6.03. The summed E-state index contributed by atoms with van der Waals surface area (Å²) in [5, 5.41) is 2.89. The lowest BCUT2D eigenvalue weighted by molar-refractivity contribution is -0.109. The molecule has 2 atom stereocenters. The molecule has 1 aliphatic rings. The van der Waals surface area contributed by atoms with Gasteiger partial charge in [-0.3, -0.25) is 0 Å². The van der Waals surface area contributed by atoms with Gasteiger partial charge in [0.25, 0.3) is 0 Å². The van der Waals surface area contributed by atoms with Crippen molar-refractivity contribution in [1.82, 2.24) is 5.32 Å². The molecular formula is C13H23NO3. The highest BCUT2D eigenvalue weighted by atomic mass is 16.6. The maximum absolute atomic E-state index is 11.7. The molecule has 0 saturated heterocycles. The van der Waals surface area contributed by atoms with Crippen molar-refractivity contribution in [3.8, 4) is 0 Å². The van der Waals surface area contributed by atoms with E-state index < -0.39 is 5.60 Å². The highest BCUT2D eigenvalue weighted by Crippen LogP contribution is 2.26. The fourth-order valence-electron chi connectivity index (χ4n) is 2.26. The van der Waals surface area contributed by atoms with Gasteiger partial charge in [-0.05, 0) is 39.5 Å². The normalized spacial score (nSPS) is 25.1. The third-order valence-electron chi connectivity index (χ3n) is 3.01. The molecule has 0 heterocycles. The first kappa shape index (κ1) is 14.0. The second-order valence-corrected chi connectivity index (χ2v) is 5.70. The zero-order chi connectivity index (χ0) is 12.9. The standard InChI is InChI=1S/C13H23NO3/c1-13(2,3)17-12(16)14-11-7-5-4-6-10(11)8-9-15/h9-11H,4-8H2,1-3H3,(H,14,16)/t10?,11-/m0/s1. The van der Waals surface area contributed by atoms with Crippen LogP contribution in [0.25, 0.3) is 0 Å². The predicted octanol–water partition coefficient (Wildman–Crippen LogP) is 2.66. The summed E-state index contributed by atoms with van der Waals surface area (Å²) >= 11 is 0. The van der Waals surface area contributed by atoms with Gasteiger partial charge in [0.1, 0.15) is 11.9 Å². The number of nitrogens with one attached hydrogen (secondary N) is 1. The van der Waals surface area contributed by atoms with E-state index in [1.807, 2.05) is 20.8 Å². The van der Waals surface area contributed by atoms with Crippen LogP contribution in [0.5, 0.6) is 0 Å². The van der Waals surface area contributed by atoms with Gasteiger partial charge in [-0.2, -0.15) is 0 Å². The molecule has 1 aliphatic carbocycles. The summed E-state index contributed by atoms with van der Waals surface area (Å²) in [5.74, 6) is 0.272. The van der Waals surface area contributed by atoms with Crippen molar-refractivity contribution in [3.63, 3.8) is 0 Å². The number of aldehydes is 1.